The van der Waals surface area contributed by atoms with Crippen LogP contribution in [0.15, 0.2) is 18.2 Å². The number of piperidine rings is 1. The number of carbonyl (C=O) groups excluding carboxylic acids is 2. The molecule has 10 heteroatoms. The highest BCUT2D eigenvalue weighted by Gasteiger charge is 2.45. The zero-order valence-electron chi connectivity index (χ0n) is 18.0. The second-order valence-corrected chi connectivity index (χ2v) is 9.30. The first-order valence-corrected chi connectivity index (χ1v) is 10.6. The Balaban J connectivity index is 1.83. The highest BCUT2D eigenvalue weighted by Crippen LogP contribution is 2.42. The van der Waals surface area contributed by atoms with E-state index in [2.05, 4.69) is 15.7 Å². The summed E-state index contributed by atoms with van der Waals surface area (Å²) in [5, 5.41) is 10.4. The summed E-state index contributed by atoms with van der Waals surface area (Å²) in [6, 6.07) is 4.61. The molecule has 1 aliphatic heterocycles. The summed E-state index contributed by atoms with van der Waals surface area (Å²) >= 11 is 0. The zero-order valence-corrected chi connectivity index (χ0v) is 18.0. The molecule has 2 heterocycles. The van der Waals surface area contributed by atoms with Gasteiger partial charge in [-0.15, -0.1) is 0 Å². The minimum Gasteiger partial charge on any atom is -0.380 e. The molecule has 2 aliphatic rings. The smallest absolute Gasteiger partial charge is 0.380 e. The van der Waals surface area contributed by atoms with E-state index in [1.165, 1.54) is 16.8 Å². The van der Waals surface area contributed by atoms with Gasteiger partial charge in [0, 0.05) is 24.7 Å². The number of hydrogen-bond acceptors (Lipinski definition) is 5. The number of amides is 1. The van der Waals surface area contributed by atoms with Crippen molar-refractivity contribution in [3.8, 4) is 5.69 Å². The largest absolute Gasteiger partial charge is 0.435 e. The zero-order chi connectivity index (χ0) is 23.3. The van der Waals surface area contributed by atoms with Gasteiger partial charge in [-0.2, -0.15) is 18.3 Å². The fourth-order valence-corrected chi connectivity index (χ4v) is 4.55. The van der Waals surface area contributed by atoms with E-state index < -0.39 is 29.0 Å². The Labute approximate surface area is 183 Å². The number of anilines is 1. The second-order valence-electron chi connectivity index (χ2n) is 9.30. The molecule has 0 bridgehead atoms. The first-order valence-electron chi connectivity index (χ1n) is 10.6. The third-order valence-corrected chi connectivity index (χ3v) is 5.98. The van der Waals surface area contributed by atoms with E-state index in [4.69, 9.17) is 5.73 Å². The van der Waals surface area contributed by atoms with Crippen molar-refractivity contribution in [1.82, 2.24) is 15.1 Å². The monoisotopic (exact) mass is 449 g/mol. The molecular formula is C22H26F3N5O2. The lowest BCUT2D eigenvalue weighted by molar-refractivity contribution is -0.141. The van der Waals surface area contributed by atoms with Crippen LogP contribution in [0.3, 0.4) is 0 Å². The van der Waals surface area contributed by atoms with Crippen molar-refractivity contribution in [1.29, 1.82) is 0 Å². The molecule has 7 nitrogen and oxygen atoms in total. The molecule has 0 radical (unpaired) electrons. The normalized spacial score (nSPS) is 20.7. The highest BCUT2D eigenvalue weighted by atomic mass is 19.4. The molecule has 0 unspecified atom stereocenters. The molecule has 0 spiro atoms. The van der Waals surface area contributed by atoms with Gasteiger partial charge in [0.2, 0.25) is 0 Å². The number of Topliss-reactive ketones (excluding diaryl/α,β-unsaturated/α-hetero) is 1. The van der Waals surface area contributed by atoms with Gasteiger partial charge in [0.25, 0.3) is 5.91 Å². The molecule has 4 N–H and O–H groups in total. The van der Waals surface area contributed by atoms with Crippen LogP contribution in [-0.2, 0) is 12.6 Å². The fourth-order valence-electron chi connectivity index (χ4n) is 4.55. The predicted octanol–water partition coefficient (Wildman–Crippen LogP) is 3.31. The minimum absolute atomic E-state index is 0.0247. The average Bonchev–Trinajstić information content (AvgIpc) is 3.07. The number of nitrogens with one attached hydrogen (secondary N) is 2. The van der Waals surface area contributed by atoms with Crippen LogP contribution in [0.2, 0.25) is 0 Å². The number of alkyl halides is 3. The van der Waals surface area contributed by atoms with Crippen molar-refractivity contribution in [2.75, 3.05) is 18.4 Å². The third-order valence-electron chi connectivity index (χ3n) is 5.98. The van der Waals surface area contributed by atoms with Crippen molar-refractivity contribution in [2.45, 2.75) is 51.7 Å². The highest BCUT2D eigenvalue weighted by molar-refractivity contribution is 6.00. The van der Waals surface area contributed by atoms with Crippen molar-refractivity contribution in [2.24, 2.45) is 11.1 Å². The van der Waals surface area contributed by atoms with Crippen molar-refractivity contribution in [3.05, 3.63) is 40.7 Å². The van der Waals surface area contributed by atoms with Gasteiger partial charge in [-0.1, -0.05) is 13.8 Å². The van der Waals surface area contributed by atoms with Crippen LogP contribution < -0.4 is 16.4 Å². The van der Waals surface area contributed by atoms with E-state index in [0.29, 0.717) is 17.9 Å². The van der Waals surface area contributed by atoms with Crippen LogP contribution in [0.5, 0.6) is 0 Å². The Morgan fingerprint density at radius 2 is 2.06 bits per heavy atom. The van der Waals surface area contributed by atoms with Crippen molar-refractivity contribution < 1.29 is 22.8 Å². The Morgan fingerprint density at radius 3 is 2.69 bits per heavy atom. The molecule has 1 saturated heterocycles. The van der Waals surface area contributed by atoms with Gasteiger partial charge in [-0.05, 0) is 49.4 Å². The molecule has 172 valence electrons. The summed E-state index contributed by atoms with van der Waals surface area (Å²) in [6.07, 6.45) is -2.62. The van der Waals surface area contributed by atoms with Gasteiger partial charge in [0.05, 0.1) is 22.5 Å². The van der Waals surface area contributed by atoms with Crippen molar-refractivity contribution in [3.63, 3.8) is 0 Å². The van der Waals surface area contributed by atoms with E-state index >= 15 is 0 Å². The van der Waals surface area contributed by atoms with Crippen LogP contribution in [-0.4, -0.2) is 40.6 Å². The van der Waals surface area contributed by atoms with Crippen LogP contribution >= 0.6 is 0 Å². The Bertz CT molecular complexity index is 1070. The summed E-state index contributed by atoms with van der Waals surface area (Å²) in [5.41, 5.74) is 4.74. The van der Waals surface area contributed by atoms with Crippen LogP contribution in [0.1, 0.15) is 65.2 Å². The van der Waals surface area contributed by atoms with Gasteiger partial charge in [0.1, 0.15) is 0 Å². The number of hydrogen-bond donors (Lipinski definition) is 3. The van der Waals surface area contributed by atoms with Crippen LogP contribution in [0.4, 0.5) is 18.9 Å². The summed E-state index contributed by atoms with van der Waals surface area (Å²) in [6.45, 7) is 5.29. The van der Waals surface area contributed by atoms with Gasteiger partial charge in [-0.3, -0.25) is 9.59 Å². The SMILES string of the molecule is CC1(C)CC(=O)c2c(C(F)(F)F)nn(-c3ccc(C(N)=O)c(N[C@@H]4CCCNC4)c3)c2C1. The predicted molar refractivity (Wildman–Crippen MR) is 113 cm³/mol. The number of benzene rings is 1. The Morgan fingerprint density at radius 1 is 1.31 bits per heavy atom. The quantitative estimate of drug-likeness (QED) is 0.665. The van der Waals surface area contributed by atoms with E-state index in [9.17, 15) is 22.8 Å². The topological polar surface area (TPSA) is 102 Å². The number of nitrogens with two attached hydrogens (primary N) is 1. The molecule has 32 heavy (non-hydrogen) atoms. The summed E-state index contributed by atoms with van der Waals surface area (Å²) in [5.74, 6) is -1.20. The van der Waals surface area contributed by atoms with Crippen LogP contribution in [0, 0.1) is 5.41 Å². The molecule has 1 fully saturated rings. The molecule has 1 amide bonds. The van der Waals surface area contributed by atoms with E-state index in [0.717, 1.165) is 19.4 Å². The van der Waals surface area contributed by atoms with E-state index in [1.807, 2.05) is 13.8 Å². The number of carbonyl (C=O) groups is 2. The standard InChI is InChI=1S/C22H26F3N5O2/c1-21(2)9-16-18(17(31)10-21)19(22(23,24)25)29-30(16)13-5-6-14(20(26)32)15(8-13)28-12-4-3-7-27-11-12/h5-6,8,12,27-28H,3-4,7,9-11H2,1-2H3,(H2,26,32)/t12-/m1/s1. The fraction of sp³-hybridized carbons (Fsp3) is 0.500. The molecule has 0 saturated carbocycles. The average molecular weight is 449 g/mol. The maximum absolute atomic E-state index is 13.7. The van der Waals surface area contributed by atoms with Crippen LogP contribution in [0.25, 0.3) is 5.69 Å². The number of halogens is 3. The molecule has 1 aromatic carbocycles. The number of fused-ring (bicyclic) bond motifs is 1. The lowest BCUT2D eigenvalue weighted by Gasteiger charge is -2.29. The lowest BCUT2D eigenvalue weighted by Crippen LogP contribution is -2.38. The van der Waals surface area contributed by atoms with E-state index in [1.54, 1.807) is 6.07 Å². The maximum atomic E-state index is 13.7. The number of primary amides is 1. The van der Waals surface area contributed by atoms with Crippen molar-refractivity contribution >= 4 is 17.4 Å². The summed E-state index contributed by atoms with van der Waals surface area (Å²) in [7, 11) is 0. The maximum Gasteiger partial charge on any atom is 0.435 e. The molecule has 4 rings (SSSR count). The Hall–Kier alpha value is -2.88. The second kappa shape index (κ2) is 7.91. The molecule has 2 aromatic rings. The summed E-state index contributed by atoms with van der Waals surface area (Å²) < 4.78 is 42.3. The first kappa shape index (κ1) is 22.3. The molecule has 1 atom stereocenters. The van der Waals surface area contributed by atoms with Gasteiger partial charge < -0.3 is 16.4 Å². The number of ketones is 1. The van der Waals surface area contributed by atoms with Gasteiger partial charge in [0.15, 0.2) is 11.5 Å². The molecule has 1 aliphatic carbocycles. The third kappa shape index (κ3) is 4.23. The van der Waals surface area contributed by atoms with Gasteiger partial charge in [-0.25, -0.2) is 4.68 Å². The number of nitrogens with zero attached hydrogens (tertiary/aromatic N) is 2. The Kier molecular flexibility index (Phi) is 5.52. The summed E-state index contributed by atoms with van der Waals surface area (Å²) in [4.78, 5) is 24.6. The number of rotatable bonds is 4. The molecular weight excluding hydrogens is 423 g/mol. The first-order chi connectivity index (χ1) is 15.0. The lowest BCUT2D eigenvalue weighted by atomic mass is 9.75. The molecule has 1 aromatic heterocycles. The minimum atomic E-state index is -4.76. The van der Waals surface area contributed by atoms with Gasteiger partial charge >= 0.3 is 6.18 Å². The number of aromatic nitrogens is 2. The van der Waals surface area contributed by atoms with E-state index in [-0.39, 0.29) is 35.7 Å².